The predicted octanol–water partition coefficient (Wildman–Crippen LogP) is 2.62. The van der Waals surface area contributed by atoms with Crippen LogP contribution in [0, 0.1) is 0 Å². The van der Waals surface area contributed by atoms with Crippen LogP contribution in [-0.2, 0) is 25.9 Å². The van der Waals surface area contributed by atoms with Crippen LogP contribution in [0.1, 0.15) is 17.0 Å². The number of aryl methyl sites for hydroxylation is 1. The van der Waals surface area contributed by atoms with E-state index >= 15 is 0 Å². The van der Waals surface area contributed by atoms with Crippen molar-refractivity contribution in [1.82, 2.24) is 24.8 Å². The molecule has 0 aliphatic rings. The molecule has 0 fully saturated rings. The molecule has 1 aromatic carbocycles. The van der Waals surface area contributed by atoms with E-state index in [1.54, 1.807) is 0 Å². The Kier molecular flexibility index (Phi) is 5.42. The largest absolute Gasteiger partial charge is 0.435 e. The van der Waals surface area contributed by atoms with Crippen LogP contribution < -0.4 is 16.3 Å². The number of tetrazole rings is 1. The van der Waals surface area contributed by atoms with Crippen molar-refractivity contribution in [2.45, 2.75) is 18.9 Å². The molecular formula is C17H15F6N7O. The van der Waals surface area contributed by atoms with E-state index in [1.165, 1.54) is 26.2 Å². The van der Waals surface area contributed by atoms with Gasteiger partial charge in [0.15, 0.2) is 5.69 Å². The number of pyridine rings is 1. The number of aromatic nitrogens is 5. The van der Waals surface area contributed by atoms with Crippen molar-refractivity contribution in [3.05, 3.63) is 57.8 Å². The summed E-state index contributed by atoms with van der Waals surface area (Å²) in [6.07, 6.45) is -9.66. The molecule has 0 saturated heterocycles. The first-order chi connectivity index (χ1) is 14.3. The van der Waals surface area contributed by atoms with Gasteiger partial charge in [0.25, 0.3) is 0 Å². The molecule has 0 radical (unpaired) electrons. The topological polar surface area (TPSA) is 94.9 Å². The number of nitrogens with two attached hydrogens (primary N) is 1. The van der Waals surface area contributed by atoms with Gasteiger partial charge in [-0.3, -0.25) is 0 Å². The summed E-state index contributed by atoms with van der Waals surface area (Å²) in [5.74, 6) is 0. The second-order valence-corrected chi connectivity index (χ2v) is 6.56. The normalized spacial score (nSPS) is 12.3. The molecule has 0 unspecified atom stereocenters. The minimum absolute atomic E-state index is 0.182. The minimum Gasteiger partial charge on any atom is -0.397 e. The van der Waals surface area contributed by atoms with Gasteiger partial charge in [0.1, 0.15) is 0 Å². The van der Waals surface area contributed by atoms with Crippen LogP contribution in [0.4, 0.5) is 37.7 Å². The fourth-order valence-electron chi connectivity index (χ4n) is 2.94. The lowest BCUT2D eigenvalue weighted by atomic mass is 10.1. The number of para-hydroxylation sites is 1. The Morgan fingerprint density at radius 2 is 1.71 bits per heavy atom. The highest BCUT2D eigenvalue weighted by Gasteiger charge is 2.37. The number of hydrogen-bond donors (Lipinski definition) is 1. The van der Waals surface area contributed by atoms with E-state index in [1.807, 2.05) is 0 Å². The molecule has 0 aliphatic carbocycles. The molecule has 0 aliphatic heterocycles. The zero-order valence-corrected chi connectivity index (χ0v) is 16.0. The molecule has 3 rings (SSSR count). The molecule has 14 heteroatoms. The van der Waals surface area contributed by atoms with Gasteiger partial charge in [-0.15, -0.1) is 0 Å². The van der Waals surface area contributed by atoms with Crippen molar-refractivity contribution in [1.29, 1.82) is 0 Å². The van der Waals surface area contributed by atoms with Crippen LogP contribution in [0.25, 0.3) is 5.69 Å². The Balaban J connectivity index is 2.13. The van der Waals surface area contributed by atoms with E-state index in [0.29, 0.717) is 4.68 Å². The SMILES string of the molecule is CN(Cc1ccc(N)c(C(F)(F)F)n1)c1c(-n2nnn(C)c2=O)cccc1C(F)(F)F. The summed E-state index contributed by atoms with van der Waals surface area (Å²) in [5, 5.41) is 7.04. The van der Waals surface area contributed by atoms with Crippen molar-refractivity contribution in [2.24, 2.45) is 7.05 Å². The molecule has 0 bridgehead atoms. The Labute approximate surface area is 170 Å². The molecule has 166 valence electrons. The summed E-state index contributed by atoms with van der Waals surface area (Å²) >= 11 is 0. The molecule has 0 saturated carbocycles. The summed E-state index contributed by atoms with van der Waals surface area (Å²) in [5.41, 5.74) is 0.535. The number of benzene rings is 1. The summed E-state index contributed by atoms with van der Waals surface area (Å²) < 4.78 is 81.8. The molecule has 0 atom stereocenters. The second kappa shape index (κ2) is 7.59. The fourth-order valence-corrected chi connectivity index (χ4v) is 2.94. The van der Waals surface area contributed by atoms with Gasteiger partial charge in [-0.2, -0.15) is 35.7 Å². The van der Waals surface area contributed by atoms with Gasteiger partial charge < -0.3 is 10.6 Å². The van der Waals surface area contributed by atoms with Crippen molar-refractivity contribution in [2.75, 3.05) is 17.7 Å². The third-order valence-electron chi connectivity index (χ3n) is 4.30. The van der Waals surface area contributed by atoms with Crippen molar-refractivity contribution < 1.29 is 26.3 Å². The van der Waals surface area contributed by atoms with E-state index in [2.05, 4.69) is 15.4 Å². The van der Waals surface area contributed by atoms with Gasteiger partial charge in [-0.05, 0) is 34.7 Å². The van der Waals surface area contributed by atoms with Crippen LogP contribution in [0.2, 0.25) is 0 Å². The summed E-state index contributed by atoms with van der Waals surface area (Å²) in [6.45, 7) is -0.446. The third kappa shape index (κ3) is 4.32. The van der Waals surface area contributed by atoms with Gasteiger partial charge in [-0.1, -0.05) is 6.07 Å². The highest BCUT2D eigenvalue weighted by Crippen LogP contribution is 2.40. The van der Waals surface area contributed by atoms with Crippen LogP contribution in [0.3, 0.4) is 0 Å². The molecule has 2 heterocycles. The van der Waals surface area contributed by atoms with Crippen LogP contribution in [0.15, 0.2) is 35.1 Å². The number of nitrogens with zero attached hydrogens (tertiary/aromatic N) is 6. The molecule has 3 aromatic rings. The van der Waals surface area contributed by atoms with Gasteiger partial charge in [0.2, 0.25) is 0 Å². The molecule has 0 amide bonds. The first-order valence-electron chi connectivity index (χ1n) is 8.54. The van der Waals surface area contributed by atoms with Crippen molar-refractivity contribution in [3.63, 3.8) is 0 Å². The number of halogens is 6. The van der Waals surface area contributed by atoms with E-state index in [9.17, 15) is 31.1 Å². The highest BCUT2D eigenvalue weighted by atomic mass is 19.4. The van der Waals surface area contributed by atoms with Gasteiger partial charge >= 0.3 is 18.0 Å². The van der Waals surface area contributed by atoms with Crippen LogP contribution in [0.5, 0.6) is 0 Å². The number of nitrogen functional groups attached to an aromatic ring is 1. The quantitative estimate of drug-likeness (QED) is 0.618. The lowest BCUT2D eigenvalue weighted by molar-refractivity contribution is -0.140. The lowest BCUT2D eigenvalue weighted by Crippen LogP contribution is -2.28. The average Bonchev–Trinajstić information content (AvgIpc) is 2.99. The molecule has 2 aromatic heterocycles. The predicted molar refractivity (Wildman–Crippen MR) is 97.4 cm³/mol. The van der Waals surface area contributed by atoms with Gasteiger partial charge in [0, 0.05) is 14.1 Å². The number of rotatable bonds is 4. The summed E-state index contributed by atoms with van der Waals surface area (Å²) in [6, 6.07) is 5.23. The maximum absolute atomic E-state index is 13.7. The van der Waals surface area contributed by atoms with Gasteiger partial charge in [-0.25, -0.2) is 9.78 Å². The first-order valence-corrected chi connectivity index (χ1v) is 8.54. The van der Waals surface area contributed by atoms with E-state index in [0.717, 1.165) is 27.8 Å². The lowest BCUT2D eigenvalue weighted by Gasteiger charge is -2.26. The van der Waals surface area contributed by atoms with Crippen LogP contribution in [-0.4, -0.2) is 31.8 Å². The van der Waals surface area contributed by atoms with Gasteiger partial charge in [0.05, 0.1) is 34.9 Å². The fraction of sp³-hybridized carbons (Fsp3) is 0.294. The average molecular weight is 447 g/mol. The number of hydrogen-bond acceptors (Lipinski definition) is 6. The number of alkyl halides is 6. The van der Waals surface area contributed by atoms with Crippen molar-refractivity contribution >= 4 is 11.4 Å². The zero-order valence-electron chi connectivity index (χ0n) is 16.0. The first kappa shape index (κ1) is 22.1. The maximum atomic E-state index is 13.7. The smallest absolute Gasteiger partial charge is 0.397 e. The Morgan fingerprint density at radius 3 is 2.26 bits per heavy atom. The Morgan fingerprint density at radius 1 is 1.03 bits per heavy atom. The van der Waals surface area contributed by atoms with E-state index < -0.39 is 47.2 Å². The maximum Gasteiger partial charge on any atom is 0.435 e. The summed E-state index contributed by atoms with van der Waals surface area (Å²) in [4.78, 5) is 16.7. The molecular weight excluding hydrogens is 432 g/mol. The van der Waals surface area contributed by atoms with Crippen molar-refractivity contribution in [3.8, 4) is 5.69 Å². The van der Waals surface area contributed by atoms with E-state index in [-0.39, 0.29) is 11.4 Å². The second-order valence-electron chi connectivity index (χ2n) is 6.56. The molecule has 31 heavy (non-hydrogen) atoms. The summed E-state index contributed by atoms with van der Waals surface area (Å²) in [7, 11) is 2.49. The number of anilines is 2. The molecule has 2 N–H and O–H groups in total. The third-order valence-corrected chi connectivity index (χ3v) is 4.30. The standard InChI is InChI=1S/C17H15F6N7O/c1-28(8-9-6-7-11(24)14(25-9)17(21,22)23)13-10(16(18,19)20)4-3-5-12(13)30-15(31)29(2)26-27-30/h3-7H,8,24H2,1-2H3. The van der Waals surface area contributed by atoms with Crippen LogP contribution >= 0.6 is 0 Å². The Hall–Kier alpha value is -3.58. The molecule has 8 nitrogen and oxygen atoms in total. The highest BCUT2D eigenvalue weighted by molar-refractivity contribution is 5.68. The zero-order chi connectivity index (χ0) is 23.1. The molecule has 0 spiro atoms. The van der Waals surface area contributed by atoms with E-state index in [4.69, 9.17) is 5.73 Å². The minimum atomic E-state index is -4.83. The monoisotopic (exact) mass is 447 g/mol. The Bertz CT molecular complexity index is 1160.